The van der Waals surface area contributed by atoms with Crippen molar-refractivity contribution in [2.24, 2.45) is 0 Å². The molecule has 1 aromatic heterocycles. The van der Waals surface area contributed by atoms with Crippen LogP contribution in [0.5, 0.6) is 0 Å². The lowest BCUT2D eigenvalue weighted by atomic mass is 10.1. The number of hydrogen-bond donors (Lipinski definition) is 0. The van der Waals surface area contributed by atoms with E-state index in [1.54, 1.807) is 0 Å². The first-order chi connectivity index (χ1) is 7.88. The maximum atomic E-state index is 9.75. The largest absolute Gasteiger partial charge is 0.673 e. The van der Waals surface area contributed by atoms with E-state index in [1.807, 2.05) is 12.5 Å². The highest BCUT2D eigenvalue weighted by molar-refractivity contribution is 6.50. The number of rotatable bonds is 5. The van der Waals surface area contributed by atoms with Gasteiger partial charge in [-0.1, -0.05) is 26.7 Å². The van der Waals surface area contributed by atoms with E-state index in [0.717, 1.165) is 0 Å². The van der Waals surface area contributed by atoms with Crippen LogP contribution in [0, 0.1) is 0 Å². The maximum Gasteiger partial charge on any atom is 0.673 e. The van der Waals surface area contributed by atoms with Crippen LogP contribution in [0.25, 0.3) is 0 Å². The molecule has 0 aliphatic heterocycles. The fourth-order valence-electron chi connectivity index (χ4n) is 1.49. The Morgan fingerprint density at radius 2 is 1.82 bits per heavy atom. The van der Waals surface area contributed by atoms with Crippen LogP contribution in [0.2, 0.25) is 0 Å². The summed E-state index contributed by atoms with van der Waals surface area (Å²) in [6.07, 6.45) is 10.9. The second-order valence-corrected chi connectivity index (χ2v) is 3.71. The summed E-state index contributed by atoms with van der Waals surface area (Å²) in [6.45, 7) is 4.47. The Labute approximate surface area is 99.1 Å². The highest BCUT2D eigenvalue weighted by atomic mass is 19.5. The summed E-state index contributed by atoms with van der Waals surface area (Å²) >= 11 is 0. The molecule has 0 bridgehead atoms. The fraction of sp³-hybridized carbons (Fsp3) is 0.700. The number of unbranched alkanes of at least 4 members (excludes halogenated alkanes) is 1. The molecule has 0 saturated carbocycles. The molecular formula is C10H18BF4N2-. The van der Waals surface area contributed by atoms with Gasteiger partial charge < -0.3 is 21.8 Å². The van der Waals surface area contributed by atoms with Crippen molar-refractivity contribution in [1.29, 1.82) is 0 Å². The molecule has 2 nitrogen and oxygen atoms in total. The van der Waals surface area contributed by atoms with Gasteiger partial charge in [0.1, 0.15) is 0 Å². The summed E-state index contributed by atoms with van der Waals surface area (Å²) in [7, 11) is -6.00. The molecule has 0 amide bonds. The molecule has 0 saturated heterocycles. The first kappa shape index (κ1) is 16.0. The molecule has 0 N–H and O–H groups in total. The molecule has 1 rings (SSSR count). The number of hydrogen-bond acceptors (Lipinski definition) is 1. The third-order valence-electron chi connectivity index (χ3n) is 2.31. The van der Waals surface area contributed by atoms with E-state index in [0.29, 0.717) is 6.04 Å². The number of nitrogens with zero attached hydrogens (tertiary/aromatic N) is 2. The monoisotopic (exact) mass is 253 g/mol. The summed E-state index contributed by atoms with van der Waals surface area (Å²) in [5.74, 6) is 0. The molecule has 1 aromatic rings. The minimum Gasteiger partial charge on any atom is -0.418 e. The molecule has 7 heteroatoms. The van der Waals surface area contributed by atoms with E-state index in [-0.39, 0.29) is 0 Å². The van der Waals surface area contributed by atoms with Gasteiger partial charge in [0.25, 0.3) is 0 Å². The van der Waals surface area contributed by atoms with Crippen molar-refractivity contribution in [2.45, 2.75) is 45.6 Å². The van der Waals surface area contributed by atoms with Crippen molar-refractivity contribution >= 4 is 7.25 Å². The van der Waals surface area contributed by atoms with E-state index in [9.17, 15) is 17.3 Å². The normalized spacial score (nSPS) is 12.8. The van der Waals surface area contributed by atoms with Gasteiger partial charge in [-0.15, -0.1) is 0 Å². The second-order valence-electron chi connectivity index (χ2n) is 3.71. The molecule has 100 valence electrons. The zero-order valence-electron chi connectivity index (χ0n) is 10.1. The summed E-state index contributed by atoms with van der Waals surface area (Å²) < 4.78 is 41.2. The van der Waals surface area contributed by atoms with Gasteiger partial charge in [-0.25, -0.2) is 4.98 Å². The third-order valence-corrected chi connectivity index (χ3v) is 2.31. The first-order valence-corrected chi connectivity index (χ1v) is 5.73. The highest BCUT2D eigenvalue weighted by Gasteiger charge is 2.20. The molecule has 0 aliphatic rings. The van der Waals surface area contributed by atoms with Crippen LogP contribution >= 0.6 is 0 Å². The van der Waals surface area contributed by atoms with Gasteiger partial charge in [0.15, 0.2) is 0 Å². The van der Waals surface area contributed by atoms with Crippen molar-refractivity contribution in [3.63, 3.8) is 0 Å². The Kier molecular flexibility index (Phi) is 7.66. The van der Waals surface area contributed by atoms with Crippen molar-refractivity contribution in [2.75, 3.05) is 0 Å². The topological polar surface area (TPSA) is 17.8 Å². The molecule has 0 aliphatic carbocycles. The molecule has 17 heavy (non-hydrogen) atoms. The lowest BCUT2D eigenvalue weighted by molar-refractivity contribution is 0.368. The van der Waals surface area contributed by atoms with E-state index in [4.69, 9.17) is 0 Å². The molecule has 0 spiro atoms. The van der Waals surface area contributed by atoms with Crippen LogP contribution < -0.4 is 0 Å². The number of aromatic nitrogens is 2. The van der Waals surface area contributed by atoms with Crippen LogP contribution in [0.15, 0.2) is 18.7 Å². The third kappa shape index (κ3) is 9.90. The Hall–Kier alpha value is -1.01. The maximum absolute atomic E-state index is 9.75. The van der Waals surface area contributed by atoms with Gasteiger partial charge in [-0.05, 0) is 12.8 Å². The predicted molar refractivity (Wildman–Crippen MR) is 61.3 cm³/mol. The van der Waals surface area contributed by atoms with Gasteiger partial charge in [0.05, 0.1) is 6.33 Å². The average Bonchev–Trinajstić information content (AvgIpc) is 2.70. The van der Waals surface area contributed by atoms with Gasteiger partial charge in [-0.2, -0.15) is 0 Å². The summed E-state index contributed by atoms with van der Waals surface area (Å²) in [6, 6.07) is 0.660. The van der Waals surface area contributed by atoms with Gasteiger partial charge in [0.2, 0.25) is 0 Å². The SMILES string of the molecule is CCCCC(CC)n1ccnc1.F[B-](F)(F)F. The molecule has 1 unspecified atom stereocenters. The van der Waals surface area contributed by atoms with E-state index >= 15 is 0 Å². The summed E-state index contributed by atoms with van der Waals surface area (Å²) in [4.78, 5) is 4.06. The van der Waals surface area contributed by atoms with Crippen molar-refractivity contribution in [1.82, 2.24) is 9.55 Å². The van der Waals surface area contributed by atoms with E-state index in [1.165, 1.54) is 25.7 Å². The zero-order chi connectivity index (χ0) is 13.3. The number of halogens is 4. The van der Waals surface area contributed by atoms with Gasteiger partial charge in [-0.3, -0.25) is 0 Å². The molecule has 1 atom stereocenters. The second kappa shape index (κ2) is 8.14. The van der Waals surface area contributed by atoms with Gasteiger partial charge in [0, 0.05) is 18.4 Å². The lowest BCUT2D eigenvalue weighted by Gasteiger charge is -2.15. The zero-order valence-corrected chi connectivity index (χ0v) is 10.1. The minimum atomic E-state index is -6.00. The van der Waals surface area contributed by atoms with Gasteiger partial charge >= 0.3 is 7.25 Å². The van der Waals surface area contributed by atoms with Crippen molar-refractivity contribution in [3.05, 3.63) is 18.7 Å². The summed E-state index contributed by atoms with van der Waals surface area (Å²) in [5.41, 5.74) is 0. The van der Waals surface area contributed by atoms with Crippen LogP contribution in [0.3, 0.4) is 0 Å². The smallest absolute Gasteiger partial charge is 0.418 e. The fourth-order valence-corrected chi connectivity index (χ4v) is 1.49. The summed E-state index contributed by atoms with van der Waals surface area (Å²) in [5, 5.41) is 0. The Balaban J connectivity index is 0.000000437. The standard InChI is InChI=1S/C10H18N2.BF4/c1-3-5-6-10(4-2)12-8-7-11-9-12;2-1(3,4)5/h7-10H,3-6H2,1-2H3;/q;-1. The quantitative estimate of drug-likeness (QED) is 0.564. The molecule has 1 heterocycles. The first-order valence-electron chi connectivity index (χ1n) is 5.73. The van der Waals surface area contributed by atoms with Crippen LogP contribution in [-0.4, -0.2) is 16.8 Å². The molecule has 0 aromatic carbocycles. The van der Waals surface area contributed by atoms with E-state index in [2.05, 4.69) is 29.6 Å². The Morgan fingerprint density at radius 1 is 1.24 bits per heavy atom. The van der Waals surface area contributed by atoms with Crippen LogP contribution in [0.1, 0.15) is 45.6 Å². The Morgan fingerprint density at radius 3 is 2.18 bits per heavy atom. The van der Waals surface area contributed by atoms with Crippen molar-refractivity contribution < 1.29 is 17.3 Å². The van der Waals surface area contributed by atoms with Crippen LogP contribution in [0.4, 0.5) is 17.3 Å². The predicted octanol–water partition coefficient (Wildman–Crippen LogP) is 4.32. The Bertz CT molecular complexity index is 268. The molecule has 0 radical (unpaired) electrons. The minimum absolute atomic E-state index is 0.660. The highest BCUT2D eigenvalue weighted by Crippen LogP contribution is 2.17. The average molecular weight is 253 g/mol. The van der Waals surface area contributed by atoms with E-state index < -0.39 is 7.25 Å². The molecular weight excluding hydrogens is 235 g/mol. The van der Waals surface area contributed by atoms with Crippen molar-refractivity contribution in [3.8, 4) is 0 Å². The lowest BCUT2D eigenvalue weighted by Crippen LogP contribution is -2.05. The molecule has 0 fully saturated rings. The number of imidazole rings is 1. The van der Waals surface area contributed by atoms with Crippen LogP contribution in [-0.2, 0) is 0 Å².